The minimum Gasteiger partial charge on any atom is -0.495 e. The Balaban J connectivity index is 1.63. The number of imidazole rings is 1. The number of hydrogen-bond donors (Lipinski definition) is 2. The summed E-state index contributed by atoms with van der Waals surface area (Å²) in [6, 6.07) is 19.7. The predicted octanol–water partition coefficient (Wildman–Crippen LogP) is 3.84. The van der Waals surface area contributed by atoms with Gasteiger partial charge in [-0.2, -0.15) is 0 Å². The maximum Gasteiger partial charge on any atom is 0.331 e. The number of methoxy groups -OCH3 is 1. The number of nitrogens with one attached hydrogen (secondary N) is 2. The molecule has 7 nitrogen and oxygen atoms in total. The molecule has 0 atom stereocenters. The average Bonchev–Trinajstić information content (AvgIpc) is 3.09. The van der Waals surface area contributed by atoms with Crippen LogP contribution in [0.1, 0.15) is 15.9 Å². The molecule has 8 heteroatoms. The number of fused-ring (bicyclic) bond motifs is 1. The quantitative estimate of drug-likeness (QED) is 0.461. The largest absolute Gasteiger partial charge is 0.495 e. The van der Waals surface area contributed by atoms with Crippen LogP contribution in [0.4, 0.5) is 0 Å². The maximum absolute atomic E-state index is 12.6. The van der Waals surface area contributed by atoms with E-state index in [0.717, 1.165) is 5.56 Å². The lowest BCUT2D eigenvalue weighted by Gasteiger charge is -2.13. The highest BCUT2D eigenvalue weighted by atomic mass is 35.5. The van der Waals surface area contributed by atoms with Crippen molar-refractivity contribution in [2.24, 2.45) is 0 Å². The molecule has 0 aliphatic heterocycles. The molecule has 30 heavy (non-hydrogen) atoms. The monoisotopic (exact) mass is 423 g/mol. The number of hydroxylamine groups is 1. The third-order valence-corrected chi connectivity index (χ3v) is 4.90. The molecule has 0 aliphatic rings. The molecular weight excluding hydrogens is 406 g/mol. The van der Waals surface area contributed by atoms with Gasteiger partial charge in [-0.15, -0.1) is 0 Å². The van der Waals surface area contributed by atoms with E-state index in [1.54, 1.807) is 12.1 Å². The van der Waals surface area contributed by atoms with Gasteiger partial charge in [0.15, 0.2) is 0 Å². The van der Waals surface area contributed by atoms with Crippen LogP contribution >= 0.6 is 11.6 Å². The SMILES string of the molecule is COc1cc(C(=O)NOCc2ccccc2)c(Cl)cc1-n1c(=O)[nH]c2ccccc21. The second-order valence-corrected chi connectivity index (χ2v) is 6.90. The van der Waals surface area contributed by atoms with Gasteiger partial charge in [-0.25, -0.2) is 10.3 Å². The highest BCUT2D eigenvalue weighted by molar-refractivity contribution is 6.34. The van der Waals surface area contributed by atoms with Gasteiger partial charge in [0.1, 0.15) is 5.75 Å². The van der Waals surface area contributed by atoms with Crippen LogP contribution in [0.15, 0.2) is 71.5 Å². The maximum atomic E-state index is 12.6. The lowest BCUT2D eigenvalue weighted by molar-refractivity contribution is 0.0233. The number of rotatable bonds is 6. The van der Waals surface area contributed by atoms with Crippen LogP contribution in [-0.2, 0) is 11.4 Å². The smallest absolute Gasteiger partial charge is 0.331 e. The number of aromatic amines is 1. The number of carbonyl (C=O) groups is 1. The molecule has 0 radical (unpaired) electrons. The molecule has 4 aromatic rings. The summed E-state index contributed by atoms with van der Waals surface area (Å²) in [5.74, 6) is -0.202. The number of carbonyl (C=O) groups excluding carboxylic acids is 1. The number of benzene rings is 3. The number of aromatic nitrogens is 2. The van der Waals surface area contributed by atoms with Crippen molar-refractivity contribution in [3.63, 3.8) is 0 Å². The Morgan fingerprint density at radius 1 is 1.10 bits per heavy atom. The third-order valence-electron chi connectivity index (χ3n) is 4.59. The van der Waals surface area contributed by atoms with E-state index in [1.807, 2.05) is 42.5 Å². The topological polar surface area (TPSA) is 85.3 Å². The van der Waals surface area contributed by atoms with Crippen LogP contribution in [0.2, 0.25) is 5.02 Å². The van der Waals surface area contributed by atoms with Gasteiger partial charge in [0.05, 0.1) is 41.0 Å². The standard InChI is InChI=1S/C22H18ClN3O4/c1-29-20-11-15(21(27)25-30-13-14-7-3-2-4-8-14)16(23)12-19(20)26-18-10-6-5-9-17(18)24-22(26)28/h2-12H,13H2,1H3,(H,24,28)(H,25,27). The van der Waals surface area contributed by atoms with Gasteiger partial charge in [-0.05, 0) is 29.8 Å². The van der Waals surface area contributed by atoms with Crippen molar-refractivity contribution in [3.05, 3.63) is 93.4 Å². The van der Waals surface area contributed by atoms with E-state index in [-0.39, 0.29) is 22.9 Å². The molecule has 0 spiro atoms. The summed E-state index contributed by atoms with van der Waals surface area (Å²) < 4.78 is 6.89. The summed E-state index contributed by atoms with van der Waals surface area (Å²) in [5, 5.41) is 0.156. The number of amides is 1. The zero-order valence-electron chi connectivity index (χ0n) is 16.0. The number of hydrogen-bond acceptors (Lipinski definition) is 4. The van der Waals surface area contributed by atoms with Crippen molar-refractivity contribution in [1.29, 1.82) is 0 Å². The summed E-state index contributed by atoms with van der Waals surface area (Å²) in [6.07, 6.45) is 0. The number of H-pyrrole nitrogens is 1. The number of ether oxygens (including phenoxy) is 1. The van der Waals surface area contributed by atoms with Gasteiger partial charge < -0.3 is 9.72 Å². The highest BCUT2D eigenvalue weighted by Crippen LogP contribution is 2.31. The Labute approximate surface area is 176 Å². The first-order chi connectivity index (χ1) is 14.6. The summed E-state index contributed by atoms with van der Waals surface area (Å²) in [5.41, 5.74) is 4.89. The molecule has 2 N–H and O–H groups in total. The Bertz CT molecular complexity index is 1260. The van der Waals surface area contributed by atoms with E-state index in [2.05, 4.69) is 10.5 Å². The molecule has 0 aliphatic carbocycles. The molecule has 0 bridgehead atoms. The van der Waals surface area contributed by atoms with E-state index in [9.17, 15) is 9.59 Å². The van der Waals surface area contributed by atoms with Crippen LogP contribution in [0, 0.1) is 0 Å². The van der Waals surface area contributed by atoms with Crippen molar-refractivity contribution in [3.8, 4) is 11.4 Å². The van der Waals surface area contributed by atoms with Crippen LogP contribution in [-0.4, -0.2) is 22.6 Å². The first-order valence-corrected chi connectivity index (χ1v) is 9.50. The number of halogens is 1. The van der Waals surface area contributed by atoms with Crippen LogP contribution < -0.4 is 15.9 Å². The van der Waals surface area contributed by atoms with E-state index in [0.29, 0.717) is 22.5 Å². The summed E-state index contributed by atoms with van der Waals surface area (Å²) in [6.45, 7) is 0.212. The van der Waals surface area contributed by atoms with Crippen molar-refractivity contribution >= 4 is 28.5 Å². The van der Waals surface area contributed by atoms with Crippen LogP contribution in [0.3, 0.4) is 0 Å². The highest BCUT2D eigenvalue weighted by Gasteiger charge is 2.19. The lowest BCUT2D eigenvalue weighted by Crippen LogP contribution is -2.24. The van der Waals surface area contributed by atoms with E-state index in [1.165, 1.54) is 23.8 Å². The molecule has 3 aromatic carbocycles. The fourth-order valence-electron chi connectivity index (χ4n) is 3.16. The van der Waals surface area contributed by atoms with Gasteiger partial charge in [-0.1, -0.05) is 54.1 Å². The van der Waals surface area contributed by atoms with Gasteiger partial charge in [0.2, 0.25) is 0 Å². The van der Waals surface area contributed by atoms with Crippen LogP contribution in [0.25, 0.3) is 16.7 Å². The molecule has 1 amide bonds. The average molecular weight is 424 g/mol. The zero-order valence-corrected chi connectivity index (χ0v) is 16.8. The van der Waals surface area contributed by atoms with Crippen molar-refractivity contribution in [1.82, 2.24) is 15.0 Å². The van der Waals surface area contributed by atoms with E-state index in [4.69, 9.17) is 21.2 Å². The van der Waals surface area contributed by atoms with Gasteiger partial charge in [-0.3, -0.25) is 14.2 Å². The Morgan fingerprint density at radius 2 is 1.83 bits per heavy atom. The molecule has 152 valence electrons. The summed E-state index contributed by atoms with van der Waals surface area (Å²) in [4.78, 5) is 33.1. The van der Waals surface area contributed by atoms with Gasteiger partial charge >= 0.3 is 5.69 Å². The van der Waals surface area contributed by atoms with Crippen molar-refractivity contribution < 1.29 is 14.4 Å². The van der Waals surface area contributed by atoms with E-state index < -0.39 is 5.91 Å². The fraction of sp³-hybridized carbons (Fsp3) is 0.0909. The molecule has 1 aromatic heterocycles. The Hall–Kier alpha value is -3.55. The fourth-order valence-corrected chi connectivity index (χ4v) is 3.41. The van der Waals surface area contributed by atoms with Gasteiger partial charge in [0, 0.05) is 0 Å². The minimum absolute atomic E-state index is 0.156. The normalized spacial score (nSPS) is 10.9. The molecule has 0 saturated heterocycles. The number of para-hydroxylation sites is 2. The Kier molecular flexibility index (Phi) is 5.56. The van der Waals surface area contributed by atoms with E-state index >= 15 is 0 Å². The molecule has 0 fully saturated rings. The first kappa shape index (κ1) is 19.8. The molecule has 4 rings (SSSR count). The van der Waals surface area contributed by atoms with Crippen molar-refractivity contribution in [2.45, 2.75) is 6.61 Å². The second-order valence-electron chi connectivity index (χ2n) is 6.49. The summed E-state index contributed by atoms with van der Waals surface area (Å²) >= 11 is 6.37. The molecular formula is C22H18ClN3O4. The number of nitrogens with zero attached hydrogens (tertiary/aromatic N) is 1. The molecule has 0 unspecified atom stereocenters. The van der Waals surface area contributed by atoms with Crippen molar-refractivity contribution in [2.75, 3.05) is 7.11 Å². The lowest BCUT2D eigenvalue weighted by atomic mass is 10.1. The minimum atomic E-state index is -0.521. The third kappa shape index (κ3) is 3.80. The summed E-state index contributed by atoms with van der Waals surface area (Å²) in [7, 11) is 1.46. The van der Waals surface area contributed by atoms with Gasteiger partial charge in [0.25, 0.3) is 5.91 Å². The Morgan fingerprint density at radius 3 is 2.60 bits per heavy atom. The molecule has 1 heterocycles. The predicted molar refractivity (Wildman–Crippen MR) is 114 cm³/mol. The second kappa shape index (κ2) is 8.44. The van der Waals surface area contributed by atoms with Crippen LogP contribution in [0.5, 0.6) is 5.75 Å². The first-order valence-electron chi connectivity index (χ1n) is 9.12. The zero-order chi connectivity index (χ0) is 21.1. The molecule has 0 saturated carbocycles.